The minimum absolute atomic E-state index is 0.0222. The number of nitrogens with zero attached hydrogens (tertiary/aromatic N) is 3. The molecule has 1 saturated heterocycles. The van der Waals surface area contributed by atoms with Crippen LogP contribution in [0.1, 0.15) is 19.8 Å². The van der Waals surface area contributed by atoms with Gasteiger partial charge in [0.15, 0.2) is 0 Å². The van der Waals surface area contributed by atoms with Crippen molar-refractivity contribution < 1.29 is 9.59 Å². The number of anilines is 2. The van der Waals surface area contributed by atoms with Crippen LogP contribution >= 0.6 is 0 Å². The van der Waals surface area contributed by atoms with Crippen molar-refractivity contribution in [2.75, 3.05) is 29.9 Å². The van der Waals surface area contributed by atoms with Crippen molar-refractivity contribution in [1.29, 1.82) is 0 Å². The smallest absolute Gasteiger partial charge is 0.271 e. The van der Waals surface area contributed by atoms with Gasteiger partial charge in [0.2, 0.25) is 5.91 Å². The fourth-order valence-corrected chi connectivity index (χ4v) is 4.32. The Bertz CT molecular complexity index is 982. The largest absolute Gasteiger partial charge is 0.373 e. The molecular formula is C19H23N7O2. The van der Waals surface area contributed by atoms with E-state index in [4.69, 9.17) is 0 Å². The summed E-state index contributed by atoms with van der Waals surface area (Å²) in [4.78, 5) is 37.0. The highest BCUT2D eigenvalue weighted by Crippen LogP contribution is 2.38. The molecule has 1 fully saturated rings. The molecule has 3 aliphatic rings. The monoisotopic (exact) mass is 381 g/mol. The number of hydrazine groups is 1. The van der Waals surface area contributed by atoms with Crippen LogP contribution in [0, 0.1) is 0 Å². The van der Waals surface area contributed by atoms with Crippen LogP contribution < -0.4 is 21.1 Å². The summed E-state index contributed by atoms with van der Waals surface area (Å²) in [6.45, 7) is 3.44. The van der Waals surface area contributed by atoms with E-state index < -0.39 is 0 Å². The third kappa shape index (κ3) is 2.70. The Kier molecular flexibility index (Phi) is 3.97. The van der Waals surface area contributed by atoms with E-state index in [1.54, 1.807) is 6.20 Å². The summed E-state index contributed by atoms with van der Waals surface area (Å²) in [5.74, 6) is -0.000119. The van der Waals surface area contributed by atoms with Gasteiger partial charge in [-0.05, 0) is 31.9 Å². The molecule has 5 rings (SSSR count). The summed E-state index contributed by atoms with van der Waals surface area (Å²) >= 11 is 0. The van der Waals surface area contributed by atoms with E-state index in [0.29, 0.717) is 18.8 Å². The van der Waals surface area contributed by atoms with Gasteiger partial charge in [0.25, 0.3) is 5.91 Å². The van der Waals surface area contributed by atoms with Crippen LogP contribution in [0.2, 0.25) is 0 Å². The molecule has 0 spiro atoms. The number of H-pyrrole nitrogens is 1. The molecule has 0 bridgehead atoms. The maximum atomic E-state index is 12.9. The maximum absolute atomic E-state index is 12.9. The van der Waals surface area contributed by atoms with Crippen LogP contribution in [0.25, 0.3) is 11.0 Å². The number of nitrogens with one attached hydrogen (secondary N) is 4. The number of hydrogen-bond acceptors (Lipinski definition) is 6. The van der Waals surface area contributed by atoms with Crippen molar-refractivity contribution in [2.24, 2.45) is 0 Å². The second-order valence-corrected chi connectivity index (χ2v) is 7.56. The van der Waals surface area contributed by atoms with Crippen LogP contribution in [-0.2, 0) is 9.59 Å². The molecule has 4 N–H and O–H groups in total. The maximum Gasteiger partial charge on any atom is 0.271 e. The first-order chi connectivity index (χ1) is 13.6. The number of piperidine rings is 1. The van der Waals surface area contributed by atoms with Crippen molar-refractivity contribution in [2.45, 2.75) is 31.8 Å². The zero-order chi connectivity index (χ0) is 19.3. The number of hydrogen-bond donors (Lipinski definition) is 4. The SMILES string of the molecule is CC1C=C(C(=O)N2CCCC(N3C(=O)CNc4cnc5[nH]ccc5c43)C2)NN1. The predicted molar refractivity (Wildman–Crippen MR) is 105 cm³/mol. The lowest BCUT2D eigenvalue weighted by molar-refractivity contribution is -0.129. The summed E-state index contributed by atoms with van der Waals surface area (Å²) in [6.07, 6.45) is 7.22. The predicted octanol–water partition coefficient (Wildman–Crippen LogP) is 0.693. The zero-order valence-electron chi connectivity index (χ0n) is 15.7. The molecule has 0 radical (unpaired) electrons. The minimum atomic E-state index is -0.0565. The molecule has 3 aliphatic heterocycles. The fraction of sp³-hybridized carbons (Fsp3) is 0.421. The lowest BCUT2D eigenvalue weighted by Gasteiger charge is -2.42. The lowest BCUT2D eigenvalue weighted by Crippen LogP contribution is -2.55. The summed E-state index contributed by atoms with van der Waals surface area (Å²) in [5.41, 5.74) is 9.03. The summed E-state index contributed by atoms with van der Waals surface area (Å²) in [6, 6.07) is 2.01. The topological polar surface area (TPSA) is 105 Å². The van der Waals surface area contributed by atoms with E-state index in [-0.39, 0.29) is 30.4 Å². The number of pyridine rings is 1. The van der Waals surface area contributed by atoms with Crippen LogP contribution in [-0.4, -0.2) is 58.4 Å². The van der Waals surface area contributed by atoms with Crippen LogP contribution in [0.4, 0.5) is 11.4 Å². The highest BCUT2D eigenvalue weighted by Gasteiger charge is 2.36. The molecule has 5 heterocycles. The van der Waals surface area contributed by atoms with Crippen LogP contribution in [0.15, 0.2) is 30.2 Å². The van der Waals surface area contributed by atoms with E-state index in [1.807, 2.05) is 35.1 Å². The Balaban J connectivity index is 1.46. The van der Waals surface area contributed by atoms with Crippen molar-refractivity contribution in [3.05, 3.63) is 30.2 Å². The van der Waals surface area contributed by atoms with Gasteiger partial charge in [-0.15, -0.1) is 0 Å². The quantitative estimate of drug-likeness (QED) is 0.610. The average molecular weight is 381 g/mol. The summed E-state index contributed by atoms with van der Waals surface area (Å²) in [5, 5.41) is 4.09. The average Bonchev–Trinajstić information content (AvgIpc) is 3.36. The number of likely N-dealkylation sites (tertiary alicyclic amines) is 1. The summed E-state index contributed by atoms with van der Waals surface area (Å²) < 4.78 is 0. The van der Waals surface area contributed by atoms with Crippen molar-refractivity contribution in [3.8, 4) is 0 Å². The first-order valence-corrected chi connectivity index (χ1v) is 9.66. The lowest BCUT2D eigenvalue weighted by atomic mass is 10.0. The van der Waals surface area contributed by atoms with Gasteiger partial charge in [-0.1, -0.05) is 0 Å². The van der Waals surface area contributed by atoms with Gasteiger partial charge in [-0.2, -0.15) is 0 Å². The zero-order valence-corrected chi connectivity index (χ0v) is 15.7. The Morgan fingerprint density at radius 3 is 3.07 bits per heavy atom. The number of carbonyl (C=O) groups is 2. The van der Waals surface area contributed by atoms with Crippen molar-refractivity contribution in [1.82, 2.24) is 25.7 Å². The fourth-order valence-electron chi connectivity index (χ4n) is 4.32. The molecule has 0 saturated carbocycles. The number of aromatic nitrogens is 2. The normalized spacial score (nSPS) is 24.6. The molecule has 146 valence electrons. The van der Waals surface area contributed by atoms with E-state index in [2.05, 4.69) is 26.1 Å². The Morgan fingerprint density at radius 2 is 2.25 bits per heavy atom. The van der Waals surface area contributed by atoms with Crippen molar-refractivity contribution >= 4 is 34.2 Å². The van der Waals surface area contributed by atoms with Gasteiger partial charge in [-0.3, -0.25) is 9.59 Å². The number of amides is 2. The first kappa shape index (κ1) is 17.1. The first-order valence-electron chi connectivity index (χ1n) is 9.66. The van der Waals surface area contributed by atoms with Gasteiger partial charge in [0, 0.05) is 30.7 Å². The molecule has 2 aromatic rings. The number of aromatic amines is 1. The van der Waals surface area contributed by atoms with Crippen molar-refractivity contribution in [3.63, 3.8) is 0 Å². The minimum Gasteiger partial charge on any atom is -0.373 e. The van der Waals surface area contributed by atoms with E-state index in [9.17, 15) is 9.59 Å². The standard InChI is InChI=1S/C19H23N7O2/c1-11-7-14(24-23-11)19(28)25-6-2-3-12(10-25)26-16(27)9-21-15-8-22-18-13(17(15)26)4-5-20-18/h4-5,7-8,11-12,21,23-24H,2-3,6,9-10H2,1H3,(H,20,22). The highest BCUT2D eigenvalue weighted by atomic mass is 16.2. The van der Waals surface area contributed by atoms with Gasteiger partial charge in [-0.25, -0.2) is 10.4 Å². The number of carbonyl (C=O) groups excluding carboxylic acids is 2. The van der Waals surface area contributed by atoms with Crippen LogP contribution in [0.5, 0.6) is 0 Å². The van der Waals surface area contributed by atoms with E-state index in [1.165, 1.54) is 0 Å². The molecule has 0 aliphatic carbocycles. The number of rotatable bonds is 2. The molecule has 2 aromatic heterocycles. The molecule has 28 heavy (non-hydrogen) atoms. The van der Waals surface area contributed by atoms with Crippen LogP contribution in [0.3, 0.4) is 0 Å². The molecule has 9 nitrogen and oxygen atoms in total. The molecule has 2 amide bonds. The molecule has 9 heteroatoms. The third-order valence-electron chi connectivity index (χ3n) is 5.63. The van der Waals surface area contributed by atoms with E-state index in [0.717, 1.165) is 35.2 Å². The molecular weight excluding hydrogens is 358 g/mol. The molecule has 2 unspecified atom stereocenters. The number of fused-ring (bicyclic) bond motifs is 3. The molecule has 2 atom stereocenters. The Hall–Kier alpha value is -3.07. The second-order valence-electron chi connectivity index (χ2n) is 7.56. The Morgan fingerprint density at radius 1 is 1.36 bits per heavy atom. The van der Waals surface area contributed by atoms with Gasteiger partial charge in [0.1, 0.15) is 11.3 Å². The Labute approximate surface area is 162 Å². The highest BCUT2D eigenvalue weighted by molar-refractivity contribution is 6.11. The summed E-state index contributed by atoms with van der Waals surface area (Å²) in [7, 11) is 0. The van der Waals surface area contributed by atoms with E-state index >= 15 is 0 Å². The van der Waals surface area contributed by atoms with Gasteiger partial charge in [0.05, 0.1) is 30.2 Å². The third-order valence-corrected chi connectivity index (χ3v) is 5.63. The molecule has 0 aromatic carbocycles. The second kappa shape index (κ2) is 6.52. The van der Waals surface area contributed by atoms with Gasteiger partial charge >= 0.3 is 0 Å². The van der Waals surface area contributed by atoms with Gasteiger partial charge < -0.3 is 25.5 Å².